The van der Waals surface area contributed by atoms with Crippen LogP contribution in [0.5, 0.6) is 0 Å². The Morgan fingerprint density at radius 1 is 1.53 bits per heavy atom. The van der Waals surface area contributed by atoms with Crippen molar-refractivity contribution in [2.45, 2.75) is 31.7 Å². The van der Waals surface area contributed by atoms with E-state index in [0.717, 1.165) is 0 Å². The van der Waals surface area contributed by atoms with Crippen molar-refractivity contribution in [2.24, 2.45) is 0 Å². The largest absolute Gasteiger partial charge is 0.469 e. The van der Waals surface area contributed by atoms with Crippen molar-refractivity contribution < 1.29 is 14.5 Å². The topological polar surface area (TPSA) is 69.4 Å². The van der Waals surface area contributed by atoms with E-state index in [0.29, 0.717) is 10.6 Å². The van der Waals surface area contributed by atoms with E-state index >= 15 is 0 Å². The second kappa shape index (κ2) is 6.02. The summed E-state index contributed by atoms with van der Waals surface area (Å²) in [6.45, 7) is 2.96. The molecule has 0 heterocycles. The number of hydrogen-bond acceptors (Lipinski definition) is 4. The smallest absolute Gasteiger partial charge is 0.313 e. The molecule has 1 atom stereocenters. The quantitative estimate of drug-likeness (QED) is 0.474. The third-order valence-corrected chi connectivity index (χ3v) is 3.17. The monoisotopic (exact) mass is 285 g/mol. The molecule has 1 unspecified atom stereocenters. The Hall–Kier alpha value is -1.62. The van der Waals surface area contributed by atoms with Crippen LogP contribution in [0, 0.1) is 10.1 Å². The van der Waals surface area contributed by atoms with Crippen molar-refractivity contribution in [3.8, 4) is 0 Å². The highest BCUT2D eigenvalue weighted by molar-refractivity contribution is 6.30. The Kier molecular flexibility index (Phi) is 4.89. The summed E-state index contributed by atoms with van der Waals surface area (Å²) in [5, 5.41) is 11.5. The molecular weight excluding hydrogens is 270 g/mol. The zero-order valence-electron chi connectivity index (χ0n) is 11.1. The van der Waals surface area contributed by atoms with E-state index in [1.807, 2.05) is 0 Å². The standard InChI is InChI=1S/C13H16ClNO4/c1-13(2,15(17)18)8-11(12(16)19-3)9-5-4-6-10(14)7-9/h4-7,11H,8H2,1-3H3. The molecule has 0 bridgehead atoms. The van der Waals surface area contributed by atoms with Gasteiger partial charge < -0.3 is 4.74 Å². The number of halogens is 1. The fourth-order valence-electron chi connectivity index (χ4n) is 1.78. The normalized spacial score (nSPS) is 12.8. The van der Waals surface area contributed by atoms with Gasteiger partial charge in [-0.25, -0.2) is 0 Å². The lowest BCUT2D eigenvalue weighted by molar-refractivity contribution is -0.561. The SMILES string of the molecule is COC(=O)C(CC(C)(C)[N+](=O)[O-])c1cccc(Cl)c1. The van der Waals surface area contributed by atoms with Crippen LogP contribution < -0.4 is 0 Å². The van der Waals surface area contributed by atoms with Crippen LogP contribution in [-0.4, -0.2) is 23.5 Å². The number of hydrogen-bond donors (Lipinski definition) is 0. The predicted octanol–water partition coefficient (Wildman–Crippen LogP) is 3.04. The molecule has 0 amide bonds. The highest BCUT2D eigenvalue weighted by Crippen LogP contribution is 2.30. The first kappa shape index (κ1) is 15.4. The summed E-state index contributed by atoms with van der Waals surface area (Å²) in [5.74, 6) is -1.21. The minimum atomic E-state index is -1.22. The summed E-state index contributed by atoms with van der Waals surface area (Å²) in [4.78, 5) is 22.4. The molecule has 1 rings (SSSR count). The molecule has 5 nitrogen and oxygen atoms in total. The van der Waals surface area contributed by atoms with Crippen LogP contribution in [0.3, 0.4) is 0 Å². The van der Waals surface area contributed by atoms with E-state index in [2.05, 4.69) is 0 Å². The lowest BCUT2D eigenvalue weighted by atomic mass is 9.86. The fourth-order valence-corrected chi connectivity index (χ4v) is 1.98. The van der Waals surface area contributed by atoms with Gasteiger partial charge in [-0.05, 0) is 17.7 Å². The Bertz CT molecular complexity index is 487. The Morgan fingerprint density at radius 3 is 2.63 bits per heavy atom. The van der Waals surface area contributed by atoms with Crippen molar-refractivity contribution in [3.63, 3.8) is 0 Å². The van der Waals surface area contributed by atoms with Gasteiger partial charge in [-0.1, -0.05) is 23.7 Å². The molecule has 0 saturated heterocycles. The number of rotatable bonds is 5. The molecule has 0 aliphatic carbocycles. The van der Waals surface area contributed by atoms with Crippen LogP contribution >= 0.6 is 11.6 Å². The molecule has 19 heavy (non-hydrogen) atoms. The maximum atomic E-state index is 11.8. The van der Waals surface area contributed by atoms with Gasteiger partial charge in [0.25, 0.3) is 0 Å². The number of carbonyl (C=O) groups is 1. The van der Waals surface area contributed by atoms with Crippen molar-refractivity contribution in [2.75, 3.05) is 7.11 Å². The van der Waals surface area contributed by atoms with Gasteiger partial charge in [0.2, 0.25) is 5.54 Å². The number of nitro groups is 1. The average molecular weight is 286 g/mol. The first-order chi connectivity index (χ1) is 8.77. The summed E-state index contributed by atoms with van der Waals surface area (Å²) >= 11 is 5.88. The van der Waals surface area contributed by atoms with Gasteiger partial charge in [0.05, 0.1) is 13.0 Å². The van der Waals surface area contributed by atoms with Gasteiger partial charge in [0, 0.05) is 30.2 Å². The maximum absolute atomic E-state index is 11.8. The van der Waals surface area contributed by atoms with Crippen LogP contribution in [0.25, 0.3) is 0 Å². The van der Waals surface area contributed by atoms with Gasteiger partial charge in [-0.3, -0.25) is 14.9 Å². The lowest BCUT2D eigenvalue weighted by Crippen LogP contribution is -2.35. The van der Waals surface area contributed by atoms with Crippen molar-refractivity contribution in [1.29, 1.82) is 0 Å². The van der Waals surface area contributed by atoms with Gasteiger partial charge in [0.1, 0.15) is 0 Å². The zero-order chi connectivity index (χ0) is 14.6. The summed E-state index contributed by atoms with van der Waals surface area (Å²) < 4.78 is 4.73. The van der Waals surface area contributed by atoms with Crippen LogP contribution in [0.4, 0.5) is 0 Å². The molecule has 0 aromatic heterocycles. The number of esters is 1. The first-order valence-corrected chi connectivity index (χ1v) is 6.13. The Morgan fingerprint density at radius 2 is 2.16 bits per heavy atom. The molecule has 0 radical (unpaired) electrons. The van der Waals surface area contributed by atoms with E-state index in [1.165, 1.54) is 21.0 Å². The fraction of sp³-hybridized carbons (Fsp3) is 0.462. The molecule has 0 fully saturated rings. The summed E-state index contributed by atoms with van der Waals surface area (Å²) in [7, 11) is 1.26. The first-order valence-electron chi connectivity index (χ1n) is 5.75. The molecule has 0 aliphatic heterocycles. The number of nitrogens with zero attached hydrogens (tertiary/aromatic N) is 1. The van der Waals surface area contributed by atoms with Gasteiger partial charge in [0.15, 0.2) is 0 Å². The molecule has 1 aromatic rings. The molecule has 1 aromatic carbocycles. The highest BCUT2D eigenvalue weighted by Gasteiger charge is 2.38. The van der Waals surface area contributed by atoms with Gasteiger partial charge in [-0.15, -0.1) is 0 Å². The number of ether oxygens (including phenoxy) is 1. The Balaban J connectivity index is 3.10. The molecule has 0 spiro atoms. The summed E-state index contributed by atoms with van der Waals surface area (Å²) in [6.07, 6.45) is 0.0486. The second-order valence-electron chi connectivity index (χ2n) is 4.90. The highest BCUT2D eigenvalue weighted by atomic mass is 35.5. The van der Waals surface area contributed by atoms with Crippen LogP contribution in [0.1, 0.15) is 31.7 Å². The molecule has 104 valence electrons. The summed E-state index contributed by atoms with van der Waals surface area (Å²) in [6, 6.07) is 6.72. The van der Waals surface area contributed by atoms with Crippen molar-refractivity contribution >= 4 is 17.6 Å². The Labute approximate surface area is 116 Å². The predicted molar refractivity (Wildman–Crippen MR) is 71.9 cm³/mol. The van der Waals surface area contributed by atoms with E-state index in [1.54, 1.807) is 24.3 Å². The van der Waals surface area contributed by atoms with E-state index in [4.69, 9.17) is 16.3 Å². The molecule has 6 heteroatoms. The third kappa shape index (κ3) is 3.92. The van der Waals surface area contributed by atoms with Crippen LogP contribution in [0.15, 0.2) is 24.3 Å². The minimum absolute atomic E-state index is 0.0486. The third-order valence-electron chi connectivity index (χ3n) is 2.93. The number of carbonyl (C=O) groups excluding carboxylic acids is 1. The van der Waals surface area contributed by atoms with E-state index < -0.39 is 22.3 Å². The minimum Gasteiger partial charge on any atom is -0.469 e. The van der Waals surface area contributed by atoms with Crippen LogP contribution in [-0.2, 0) is 9.53 Å². The number of methoxy groups -OCH3 is 1. The van der Waals surface area contributed by atoms with Crippen LogP contribution in [0.2, 0.25) is 5.02 Å². The average Bonchev–Trinajstić information content (AvgIpc) is 2.35. The van der Waals surface area contributed by atoms with E-state index in [-0.39, 0.29) is 6.42 Å². The molecular formula is C13H16ClNO4. The van der Waals surface area contributed by atoms with Crippen molar-refractivity contribution in [1.82, 2.24) is 0 Å². The van der Waals surface area contributed by atoms with Gasteiger partial charge >= 0.3 is 5.97 Å². The van der Waals surface area contributed by atoms with Gasteiger partial charge in [-0.2, -0.15) is 0 Å². The molecule has 0 aliphatic rings. The summed E-state index contributed by atoms with van der Waals surface area (Å²) in [5.41, 5.74) is -0.601. The zero-order valence-corrected chi connectivity index (χ0v) is 11.8. The maximum Gasteiger partial charge on any atom is 0.313 e. The number of benzene rings is 1. The van der Waals surface area contributed by atoms with Crippen molar-refractivity contribution in [3.05, 3.63) is 45.0 Å². The molecule has 0 N–H and O–H groups in total. The molecule has 0 saturated carbocycles. The van der Waals surface area contributed by atoms with E-state index in [9.17, 15) is 14.9 Å². The second-order valence-corrected chi connectivity index (χ2v) is 5.34. The lowest BCUT2D eigenvalue weighted by Gasteiger charge is -2.22.